The van der Waals surface area contributed by atoms with Gasteiger partial charge >= 0.3 is 0 Å². The van der Waals surface area contributed by atoms with E-state index >= 15 is 0 Å². The standard InChI is InChI=1S/C19H36N4O3/c1-3-20-17(24)14-22(4-2)15-18(25)21-16-19(8-6-5-7-9-19)23-10-12-26-13-11-23/h3-16H2,1-2H3,(H,20,24)(H,21,25). The van der Waals surface area contributed by atoms with Crippen molar-refractivity contribution in [2.45, 2.75) is 51.5 Å². The summed E-state index contributed by atoms with van der Waals surface area (Å²) in [6.45, 7) is 9.88. The van der Waals surface area contributed by atoms with Gasteiger partial charge < -0.3 is 15.4 Å². The van der Waals surface area contributed by atoms with Crippen LogP contribution in [-0.4, -0.2) is 86.2 Å². The first kappa shape index (κ1) is 21.1. The number of carbonyl (C=O) groups is 2. The highest BCUT2D eigenvalue weighted by Gasteiger charge is 2.38. The summed E-state index contributed by atoms with van der Waals surface area (Å²) in [5.41, 5.74) is 0.0777. The first-order valence-electron chi connectivity index (χ1n) is 10.2. The highest BCUT2D eigenvalue weighted by molar-refractivity contribution is 5.81. The molecule has 0 spiro atoms. The number of hydrogen-bond acceptors (Lipinski definition) is 5. The Kier molecular flexibility index (Phi) is 8.81. The largest absolute Gasteiger partial charge is 0.379 e. The van der Waals surface area contributed by atoms with E-state index in [0.29, 0.717) is 19.6 Å². The Hall–Kier alpha value is -1.18. The number of likely N-dealkylation sites (N-methyl/N-ethyl adjacent to an activating group) is 2. The summed E-state index contributed by atoms with van der Waals surface area (Å²) < 4.78 is 5.51. The molecule has 0 aromatic heterocycles. The van der Waals surface area contributed by atoms with Crippen molar-refractivity contribution in [3.05, 3.63) is 0 Å². The predicted molar refractivity (Wildman–Crippen MR) is 102 cm³/mol. The van der Waals surface area contributed by atoms with E-state index in [4.69, 9.17) is 4.74 Å². The Morgan fingerprint density at radius 1 is 1.00 bits per heavy atom. The molecule has 7 nitrogen and oxygen atoms in total. The van der Waals surface area contributed by atoms with E-state index in [1.54, 1.807) is 0 Å². The number of ether oxygens (including phenoxy) is 1. The second kappa shape index (κ2) is 10.8. The summed E-state index contributed by atoms with van der Waals surface area (Å²) in [4.78, 5) is 28.7. The van der Waals surface area contributed by atoms with Crippen molar-refractivity contribution in [1.82, 2.24) is 20.4 Å². The maximum absolute atomic E-state index is 12.5. The van der Waals surface area contributed by atoms with Gasteiger partial charge in [-0.15, -0.1) is 0 Å². The first-order valence-corrected chi connectivity index (χ1v) is 10.2. The monoisotopic (exact) mass is 368 g/mol. The zero-order chi connectivity index (χ0) is 18.8. The Labute approximate surface area is 157 Å². The normalized spacial score (nSPS) is 20.7. The van der Waals surface area contributed by atoms with Crippen LogP contribution in [0.15, 0.2) is 0 Å². The first-order chi connectivity index (χ1) is 12.6. The average molecular weight is 369 g/mol. The fourth-order valence-corrected chi connectivity index (χ4v) is 4.11. The molecular formula is C19H36N4O3. The molecule has 0 aromatic carbocycles. The molecule has 26 heavy (non-hydrogen) atoms. The summed E-state index contributed by atoms with van der Waals surface area (Å²) in [6.07, 6.45) is 6.03. The van der Waals surface area contributed by atoms with Crippen LogP contribution in [0, 0.1) is 0 Å². The summed E-state index contributed by atoms with van der Waals surface area (Å²) in [5.74, 6) is -0.0198. The topological polar surface area (TPSA) is 73.9 Å². The van der Waals surface area contributed by atoms with Gasteiger partial charge in [0.05, 0.1) is 26.3 Å². The average Bonchev–Trinajstić information content (AvgIpc) is 2.67. The van der Waals surface area contributed by atoms with Gasteiger partial charge in [0.1, 0.15) is 0 Å². The third kappa shape index (κ3) is 6.21. The van der Waals surface area contributed by atoms with Crippen LogP contribution in [-0.2, 0) is 14.3 Å². The highest BCUT2D eigenvalue weighted by Crippen LogP contribution is 2.33. The van der Waals surface area contributed by atoms with Crippen LogP contribution in [0.25, 0.3) is 0 Å². The number of nitrogens with one attached hydrogen (secondary N) is 2. The van der Waals surface area contributed by atoms with Gasteiger partial charge in [0.15, 0.2) is 0 Å². The van der Waals surface area contributed by atoms with Crippen LogP contribution >= 0.6 is 0 Å². The molecule has 0 unspecified atom stereocenters. The van der Waals surface area contributed by atoms with Crippen molar-refractivity contribution in [2.24, 2.45) is 0 Å². The molecule has 0 aromatic rings. The third-order valence-corrected chi connectivity index (χ3v) is 5.64. The van der Waals surface area contributed by atoms with Gasteiger partial charge in [-0.1, -0.05) is 26.2 Å². The van der Waals surface area contributed by atoms with Crippen molar-refractivity contribution in [3.8, 4) is 0 Å². The Bertz CT molecular complexity index is 446. The summed E-state index contributed by atoms with van der Waals surface area (Å²) in [7, 11) is 0. The smallest absolute Gasteiger partial charge is 0.234 e. The number of rotatable bonds is 9. The van der Waals surface area contributed by atoms with E-state index in [2.05, 4.69) is 15.5 Å². The fraction of sp³-hybridized carbons (Fsp3) is 0.895. The fourth-order valence-electron chi connectivity index (χ4n) is 4.11. The minimum Gasteiger partial charge on any atom is -0.379 e. The van der Waals surface area contributed by atoms with Gasteiger partial charge in [0, 0.05) is 31.7 Å². The molecule has 2 fully saturated rings. The second-order valence-electron chi connectivity index (χ2n) is 7.42. The molecule has 0 atom stereocenters. The Balaban J connectivity index is 1.86. The van der Waals surface area contributed by atoms with Crippen LogP contribution in [0.1, 0.15) is 46.0 Å². The number of carbonyl (C=O) groups excluding carboxylic acids is 2. The lowest BCUT2D eigenvalue weighted by molar-refractivity contribution is -0.125. The van der Waals surface area contributed by atoms with Crippen LogP contribution < -0.4 is 10.6 Å². The molecule has 1 aliphatic heterocycles. The molecule has 1 saturated heterocycles. The molecule has 7 heteroatoms. The van der Waals surface area contributed by atoms with E-state index in [0.717, 1.165) is 39.1 Å². The van der Waals surface area contributed by atoms with E-state index in [1.807, 2.05) is 18.7 Å². The minimum absolute atomic E-state index is 0.00866. The lowest BCUT2D eigenvalue weighted by Crippen LogP contribution is -2.60. The van der Waals surface area contributed by atoms with Crippen molar-refractivity contribution in [2.75, 3.05) is 59.0 Å². The van der Waals surface area contributed by atoms with Gasteiger partial charge in [0.2, 0.25) is 11.8 Å². The summed E-state index contributed by atoms with van der Waals surface area (Å²) in [6, 6.07) is 0. The van der Waals surface area contributed by atoms with Crippen LogP contribution in [0.3, 0.4) is 0 Å². The molecular weight excluding hydrogens is 332 g/mol. The van der Waals surface area contributed by atoms with Gasteiger partial charge in [0.25, 0.3) is 0 Å². The lowest BCUT2D eigenvalue weighted by atomic mass is 9.79. The van der Waals surface area contributed by atoms with Gasteiger partial charge in [-0.3, -0.25) is 19.4 Å². The van der Waals surface area contributed by atoms with Crippen LogP contribution in [0.4, 0.5) is 0 Å². The summed E-state index contributed by atoms with van der Waals surface area (Å²) >= 11 is 0. The number of hydrogen-bond donors (Lipinski definition) is 2. The molecule has 2 rings (SSSR count). The molecule has 0 bridgehead atoms. The minimum atomic E-state index is -0.0285. The van der Waals surface area contributed by atoms with E-state index in [9.17, 15) is 9.59 Å². The molecule has 1 saturated carbocycles. The van der Waals surface area contributed by atoms with E-state index < -0.39 is 0 Å². The van der Waals surface area contributed by atoms with Crippen molar-refractivity contribution in [1.29, 1.82) is 0 Å². The maximum atomic E-state index is 12.5. The molecule has 2 N–H and O–H groups in total. The molecule has 1 heterocycles. The second-order valence-corrected chi connectivity index (χ2v) is 7.42. The highest BCUT2D eigenvalue weighted by atomic mass is 16.5. The number of morpholine rings is 1. The maximum Gasteiger partial charge on any atom is 0.234 e. The number of amides is 2. The van der Waals surface area contributed by atoms with Crippen LogP contribution in [0.5, 0.6) is 0 Å². The van der Waals surface area contributed by atoms with Crippen molar-refractivity contribution < 1.29 is 14.3 Å². The van der Waals surface area contributed by atoms with Crippen molar-refractivity contribution in [3.63, 3.8) is 0 Å². The number of nitrogens with zero attached hydrogens (tertiary/aromatic N) is 2. The van der Waals surface area contributed by atoms with Gasteiger partial charge in [-0.05, 0) is 26.3 Å². The Morgan fingerprint density at radius 2 is 1.62 bits per heavy atom. The lowest BCUT2D eigenvalue weighted by Gasteiger charge is -2.48. The molecule has 0 radical (unpaired) electrons. The quantitative estimate of drug-likeness (QED) is 0.623. The predicted octanol–water partition coefficient (Wildman–Crippen LogP) is 0.596. The zero-order valence-corrected chi connectivity index (χ0v) is 16.5. The Morgan fingerprint density at radius 3 is 2.19 bits per heavy atom. The summed E-state index contributed by atoms with van der Waals surface area (Å²) in [5, 5.41) is 5.95. The van der Waals surface area contributed by atoms with Gasteiger partial charge in [-0.25, -0.2) is 0 Å². The molecule has 150 valence electrons. The SMILES string of the molecule is CCNC(=O)CN(CC)CC(=O)NCC1(N2CCOCC2)CCCCC1. The molecule has 1 aliphatic carbocycles. The van der Waals surface area contributed by atoms with E-state index in [-0.39, 0.29) is 30.4 Å². The zero-order valence-electron chi connectivity index (χ0n) is 16.5. The van der Waals surface area contributed by atoms with Crippen molar-refractivity contribution >= 4 is 11.8 Å². The third-order valence-electron chi connectivity index (χ3n) is 5.64. The molecule has 2 amide bonds. The molecule has 2 aliphatic rings. The van der Waals surface area contributed by atoms with Gasteiger partial charge in [-0.2, -0.15) is 0 Å². The van der Waals surface area contributed by atoms with Crippen LogP contribution in [0.2, 0.25) is 0 Å². The van der Waals surface area contributed by atoms with E-state index in [1.165, 1.54) is 19.3 Å².